The summed E-state index contributed by atoms with van der Waals surface area (Å²) in [7, 11) is 0. The molecule has 3 aromatic rings. The first kappa shape index (κ1) is 16.2. The fourth-order valence-electron chi connectivity index (χ4n) is 3.25. The maximum atomic E-state index is 13.1. The number of carbonyl (C=O) groups excluding carboxylic acids is 1. The summed E-state index contributed by atoms with van der Waals surface area (Å²) in [5.74, 6) is 0.843. The van der Waals surface area contributed by atoms with Crippen LogP contribution in [-0.4, -0.2) is 5.78 Å². The normalized spacial score (nSPS) is 13.1. The van der Waals surface area contributed by atoms with E-state index in [1.54, 1.807) is 0 Å². The highest BCUT2D eigenvalue weighted by Gasteiger charge is 2.25. The van der Waals surface area contributed by atoms with E-state index < -0.39 is 0 Å². The maximum absolute atomic E-state index is 13.1. The Kier molecular flexibility index (Phi) is 4.52. The van der Waals surface area contributed by atoms with Crippen molar-refractivity contribution in [3.8, 4) is 0 Å². The topological polar surface area (TPSA) is 41.1 Å². The van der Waals surface area contributed by atoms with E-state index in [4.69, 9.17) is 0 Å². The van der Waals surface area contributed by atoms with Crippen LogP contribution in [0.3, 0.4) is 0 Å². The summed E-state index contributed by atoms with van der Waals surface area (Å²) >= 11 is 0. The van der Waals surface area contributed by atoms with Crippen molar-refractivity contribution in [1.82, 2.24) is 0 Å². The molecule has 0 radical (unpaired) electrons. The van der Waals surface area contributed by atoms with Gasteiger partial charge in [0.2, 0.25) is 0 Å². The van der Waals surface area contributed by atoms with Crippen molar-refractivity contribution >= 4 is 17.2 Å². The van der Waals surface area contributed by atoms with Crippen LogP contribution in [0.4, 0.5) is 11.4 Å². The van der Waals surface area contributed by atoms with Gasteiger partial charge >= 0.3 is 0 Å². The van der Waals surface area contributed by atoms with Gasteiger partial charge in [0.05, 0.1) is 0 Å². The lowest BCUT2D eigenvalue weighted by Gasteiger charge is -2.23. The van der Waals surface area contributed by atoms with Gasteiger partial charge in [0.15, 0.2) is 5.78 Å². The second kappa shape index (κ2) is 7.28. The molecule has 0 saturated heterocycles. The molecule has 0 unspecified atom stereocenters. The smallest absolute Gasteiger partial charge is 0.192 e. The van der Waals surface area contributed by atoms with Gasteiger partial charge in [0, 0.05) is 22.5 Å². The van der Waals surface area contributed by atoms with Crippen LogP contribution in [-0.2, 0) is 6.42 Å². The standard InChI is InChI=1S/C23H20N2O/c26-22-20-14-8-7-9-17(20)15-16-21(22)23(24-18-10-3-1-4-11-18)25-19-12-5-2-6-13-19/h1-14,24-25H,15-16H2. The van der Waals surface area contributed by atoms with Gasteiger partial charge in [-0.05, 0) is 42.7 Å². The van der Waals surface area contributed by atoms with E-state index in [-0.39, 0.29) is 5.78 Å². The van der Waals surface area contributed by atoms with E-state index in [0.29, 0.717) is 6.42 Å². The molecular formula is C23H20N2O. The Bertz CT molecular complexity index is 903. The highest BCUT2D eigenvalue weighted by atomic mass is 16.1. The number of ketones is 1. The predicted octanol–water partition coefficient (Wildman–Crippen LogP) is 5.25. The highest BCUT2D eigenvalue weighted by molar-refractivity contribution is 6.11. The van der Waals surface area contributed by atoms with Crippen LogP contribution >= 0.6 is 0 Å². The first-order chi connectivity index (χ1) is 12.8. The lowest BCUT2D eigenvalue weighted by Crippen LogP contribution is -2.22. The Hall–Kier alpha value is -3.33. The van der Waals surface area contributed by atoms with Gasteiger partial charge in [-0.25, -0.2) is 0 Å². The quantitative estimate of drug-likeness (QED) is 0.637. The molecule has 2 N–H and O–H groups in total. The number of hydrogen-bond acceptors (Lipinski definition) is 3. The van der Waals surface area contributed by atoms with Crippen molar-refractivity contribution in [3.05, 3.63) is 107 Å². The average Bonchev–Trinajstić information content (AvgIpc) is 2.70. The van der Waals surface area contributed by atoms with E-state index >= 15 is 0 Å². The molecule has 0 amide bonds. The van der Waals surface area contributed by atoms with Crippen LogP contribution in [0.1, 0.15) is 22.3 Å². The molecule has 1 aliphatic carbocycles. The molecule has 128 valence electrons. The largest absolute Gasteiger partial charge is 0.341 e. The summed E-state index contributed by atoms with van der Waals surface area (Å²) < 4.78 is 0. The van der Waals surface area contributed by atoms with Crippen LogP contribution in [0.2, 0.25) is 0 Å². The molecule has 3 nitrogen and oxygen atoms in total. The monoisotopic (exact) mass is 340 g/mol. The van der Waals surface area contributed by atoms with Gasteiger partial charge in [-0.15, -0.1) is 0 Å². The molecule has 1 aliphatic rings. The Morgan fingerprint density at radius 1 is 0.654 bits per heavy atom. The van der Waals surface area contributed by atoms with Crippen molar-refractivity contribution in [2.75, 3.05) is 10.6 Å². The fraction of sp³-hybridized carbons (Fsp3) is 0.0870. The molecule has 3 heteroatoms. The summed E-state index contributed by atoms with van der Waals surface area (Å²) in [6.07, 6.45) is 1.58. The van der Waals surface area contributed by atoms with Crippen molar-refractivity contribution in [1.29, 1.82) is 0 Å². The molecule has 0 bridgehead atoms. The molecule has 0 heterocycles. The Balaban J connectivity index is 1.74. The van der Waals surface area contributed by atoms with Crippen LogP contribution < -0.4 is 10.6 Å². The van der Waals surface area contributed by atoms with Crippen LogP contribution in [0.15, 0.2) is 96.3 Å². The van der Waals surface area contributed by atoms with E-state index in [9.17, 15) is 4.79 Å². The zero-order chi connectivity index (χ0) is 17.8. The Morgan fingerprint density at radius 2 is 1.19 bits per heavy atom. The average molecular weight is 340 g/mol. The summed E-state index contributed by atoms with van der Waals surface area (Å²) in [5.41, 5.74) is 4.61. The lowest BCUT2D eigenvalue weighted by molar-refractivity contribution is 0.102. The lowest BCUT2D eigenvalue weighted by atomic mass is 9.86. The number of nitrogens with one attached hydrogen (secondary N) is 2. The predicted molar refractivity (Wildman–Crippen MR) is 106 cm³/mol. The molecule has 0 saturated carbocycles. The number of hydrogen-bond donors (Lipinski definition) is 2. The third kappa shape index (κ3) is 3.38. The summed E-state index contributed by atoms with van der Waals surface area (Å²) in [6.45, 7) is 0. The molecule has 3 aromatic carbocycles. The van der Waals surface area contributed by atoms with Crippen LogP contribution in [0.25, 0.3) is 0 Å². The van der Waals surface area contributed by atoms with Gasteiger partial charge in [-0.2, -0.15) is 0 Å². The van der Waals surface area contributed by atoms with E-state index in [1.807, 2.05) is 84.9 Å². The van der Waals surface area contributed by atoms with Crippen LogP contribution in [0.5, 0.6) is 0 Å². The number of allylic oxidation sites excluding steroid dienone is 1. The zero-order valence-corrected chi connectivity index (χ0v) is 14.4. The Morgan fingerprint density at radius 3 is 1.81 bits per heavy atom. The van der Waals surface area contributed by atoms with E-state index in [2.05, 4.69) is 10.6 Å². The number of benzene rings is 3. The molecule has 0 fully saturated rings. The number of aryl methyl sites for hydroxylation is 1. The number of para-hydroxylation sites is 2. The molecule has 26 heavy (non-hydrogen) atoms. The molecular weight excluding hydrogens is 320 g/mol. The van der Waals surface area contributed by atoms with Gasteiger partial charge in [0.25, 0.3) is 0 Å². The number of fused-ring (bicyclic) bond motifs is 1. The number of carbonyl (C=O) groups is 1. The second-order valence-electron chi connectivity index (χ2n) is 6.32. The molecule has 0 aromatic heterocycles. The zero-order valence-electron chi connectivity index (χ0n) is 14.4. The van der Waals surface area contributed by atoms with Gasteiger partial charge in [0.1, 0.15) is 5.82 Å². The third-order valence-corrected chi connectivity index (χ3v) is 4.57. The fourth-order valence-corrected chi connectivity index (χ4v) is 3.25. The Labute approximate surface area is 153 Å². The molecule has 0 aliphatic heterocycles. The van der Waals surface area contributed by atoms with E-state index in [1.165, 1.54) is 0 Å². The number of anilines is 2. The maximum Gasteiger partial charge on any atom is 0.192 e. The first-order valence-electron chi connectivity index (χ1n) is 8.81. The van der Waals surface area contributed by atoms with Crippen molar-refractivity contribution in [3.63, 3.8) is 0 Å². The van der Waals surface area contributed by atoms with Gasteiger partial charge in [-0.1, -0.05) is 60.7 Å². The summed E-state index contributed by atoms with van der Waals surface area (Å²) in [4.78, 5) is 13.1. The molecule has 0 spiro atoms. The van der Waals surface area contributed by atoms with Crippen molar-refractivity contribution in [2.45, 2.75) is 12.8 Å². The first-order valence-corrected chi connectivity index (χ1v) is 8.81. The number of Topliss-reactive ketones (excluding diaryl/α,β-unsaturated/α-hetero) is 1. The highest BCUT2D eigenvalue weighted by Crippen LogP contribution is 2.28. The SMILES string of the molecule is O=C1C(=C(Nc2ccccc2)Nc2ccccc2)CCc2ccccc21. The van der Waals surface area contributed by atoms with Crippen molar-refractivity contribution < 1.29 is 4.79 Å². The summed E-state index contributed by atoms with van der Waals surface area (Å²) in [5, 5.41) is 6.81. The minimum Gasteiger partial charge on any atom is -0.341 e. The summed E-state index contributed by atoms with van der Waals surface area (Å²) in [6, 6.07) is 27.7. The second-order valence-corrected chi connectivity index (χ2v) is 6.32. The third-order valence-electron chi connectivity index (χ3n) is 4.57. The minimum atomic E-state index is 0.0914. The van der Waals surface area contributed by atoms with Crippen LogP contribution in [0, 0.1) is 0 Å². The molecule has 0 atom stereocenters. The van der Waals surface area contributed by atoms with Gasteiger partial charge in [-0.3, -0.25) is 4.79 Å². The van der Waals surface area contributed by atoms with Gasteiger partial charge < -0.3 is 10.6 Å². The molecule has 4 rings (SSSR count). The minimum absolute atomic E-state index is 0.0914. The van der Waals surface area contributed by atoms with Crippen molar-refractivity contribution in [2.24, 2.45) is 0 Å². The number of rotatable bonds is 4. The van der Waals surface area contributed by atoms with E-state index in [0.717, 1.165) is 40.3 Å².